The highest BCUT2D eigenvalue weighted by molar-refractivity contribution is 5.85. The lowest BCUT2D eigenvalue weighted by Gasteiger charge is -2.37. The topological polar surface area (TPSA) is 80.6 Å². The van der Waals surface area contributed by atoms with Crippen molar-refractivity contribution in [3.63, 3.8) is 0 Å². The number of rotatable bonds is 1. The molecule has 1 aromatic heterocycles. The lowest BCUT2D eigenvalue weighted by atomic mass is 9.74. The van der Waals surface area contributed by atoms with E-state index in [4.69, 9.17) is 4.74 Å². The maximum absolute atomic E-state index is 14.6. The molecule has 0 bridgehead atoms. The molecule has 0 aromatic carbocycles. The van der Waals surface area contributed by atoms with Gasteiger partial charge in [0.2, 0.25) is 0 Å². The fourth-order valence-corrected chi connectivity index (χ4v) is 5.80. The summed E-state index contributed by atoms with van der Waals surface area (Å²) in [6.07, 6.45) is 4.42. The highest BCUT2D eigenvalue weighted by Crippen LogP contribution is 2.48. The molecule has 2 aliphatic carbocycles. The number of hydrogen-bond acceptors (Lipinski definition) is 5. The number of fused-ring (bicyclic) bond motifs is 4. The van der Waals surface area contributed by atoms with Crippen LogP contribution in [0.15, 0.2) is 50.6 Å². The SMILES string of the molecule is CC[C@@]1(O)C(=O)OCc2c1cc1n(c2=O)CC2=C1NC1C=C(F)C(C)=C3CCCC2=C31. The highest BCUT2D eigenvalue weighted by Gasteiger charge is 2.46. The monoisotopic (exact) mass is 422 g/mol. The van der Waals surface area contributed by atoms with E-state index in [9.17, 15) is 19.1 Å². The number of pyridine rings is 1. The Morgan fingerprint density at radius 3 is 2.84 bits per heavy atom. The molecule has 6 rings (SSSR count). The van der Waals surface area contributed by atoms with Crippen LogP contribution in [0.3, 0.4) is 0 Å². The molecule has 0 saturated heterocycles. The fraction of sp³-hybridized carbons (Fsp3) is 0.417. The van der Waals surface area contributed by atoms with Crippen LogP contribution >= 0.6 is 0 Å². The van der Waals surface area contributed by atoms with Gasteiger partial charge in [-0.1, -0.05) is 6.92 Å². The number of aromatic nitrogens is 1. The van der Waals surface area contributed by atoms with Crippen molar-refractivity contribution in [2.75, 3.05) is 0 Å². The fourth-order valence-electron chi connectivity index (χ4n) is 5.80. The van der Waals surface area contributed by atoms with Gasteiger partial charge in [0.25, 0.3) is 5.56 Å². The molecule has 6 nitrogen and oxygen atoms in total. The van der Waals surface area contributed by atoms with Crippen molar-refractivity contribution in [1.29, 1.82) is 0 Å². The molecule has 2 N–H and O–H groups in total. The van der Waals surface area contributed by atoms with Gasteiger partial charge in [0.1, 0.15) is 12.4 Å². The predicted molar refractivity (Wildman–Crippen MR) is 111 cm³/mol. The maximum Gasteiger partial charge on any atom is 0.343 e. The summed E-state index contributed by atoms with van der Waals surface area (Å²) >= 11 is 0. The van der Waals surface area contributed by atoms with Crippen molar-refractivity contribution in [2.24, 2.45) is 0 Å². The van der Waals surface area contributed by atoms with Crippen LogP contribution in [0.4, 0.5) is 4.39 Å². The van der Waals surface area contributed by atoms with Crippen LogP contribution in [0.5, 0.6) is 0 Å². The van der Waals surface area contributed by atoms with Crippen molar-refractivity contribution >= 4 is 11.7 Å². The first-order chi connectivity index (χ1) is 14.8. The number of carbonyl (C=O) groups excluding carboxylic acids is 1. The van der Waals surface area contributed by atoms with E-state index in [-0.39, 0.29) is 30.5 Å². The van der Waals surface area contributed by atoms with Crippen LogP contribution in [0.1, 0.15) is 56.4 Å². The zero-order chi connectivity index (χ0) is 21.7. The minimum absolute atomic E-state index is 0.111. The van der Waals surface area contributed by atoms with E-state index in [1.54, 1.807) is 23.6 Å². The third kappa shape index (κ3) is 2.24. The number of nitrogens with one attached hydrogen (secondary N) is 1. The largest absolute Gasteiger partial charge is 0.458 e. The zero-order valence-corrected chi connectivity index (χ0v) is 17.5. The van der Waals surface area contributed by atoms with Crippen LogP contribution in [0.2, 0.25) is 0 Å². The quantitative estimate of drug-likeness (QED) is 0.681. The molecule has 1 aromatic rings. The molecule has 0 spiro atoms. The Kier molecular flexibility index (Phi) is 3.68. The summed E-state index contributed by atoms with van der Waals surface area (Å²) in [6, 6.07) is 1.47. The number of allylic oxidation sites excluding steroid dienone is 4. The van der Waals surface area contributed by atoms with E-state index in [0.717, 1.165) is 41.7 Å². The second kappa shape index (κ2) is 6.07. The molecular weight excluding hydrogens is 399 g/mol. The Hall–Kier alpha value is -2.93. The summed E-state index contributed by atoms with van der Waals surface area (Å²) < 4.78 is 21.5. The van der Waals surface area contributed by atoms with E-state index in [1.165, 1.54) is 5.57 Å². The van der Waals surface area contributed by atoms with Crippen LogP contribution in [-0.4, -0.2) is 21.7 Å². The minimum Gasteiger partial charge on any atom is -0.458 e. The number of halogens is 1. The van der Waals surface area contributed by atoms with Gasteiger partial charge in [-0.3, -0.25) is 4.79 Å². The van der Waals surface area contributed by atoms with Gasteiger partial charge >= 0.3 is 5.97 Å². The second-order valence-corrected chi connectivity index (χ2v) is 8.94. The normalized spacial score (nSPS) is 28.5. The van der Waals surface area contributed by atoms with Gasteiger partial charge in [0, 0.05) is 11.1 Å². The van der Waals surface area contributed by atoms with E-state index >= 15 is 0 Å². The molecule has 160 valence electrons. The van der Waals surface area contributed by atoms with Crippen LogP contribution in [0.25, 0.3) is 5.70 Å². The Morgan fingerprint density at radius 2 is 2.06 bits per heavy atom. The first kappa shape index (κ1) is 18.8. The first-order valence-corrected chi connectivity index (χ1v) is 10.8. The van der Waals surface area contributed by atoms with Gasteiger partial charge < -0.3 is 19.7 Å². The van der Waals surface area contributed by atoms with Gasteiger partial charge in [-0.2, -0.15) is 0 Å². The average molecular weight is 422 g/mol. The smallest absolute Gasteiger partial charge is 0.343 e. The first-order valence-electron chi connectivity index (χ1n) is 10.8. The van der Waals surface area contributed by atoms with Crippen molar-refractivity contribution in [1.82, 2.24) is 9.88 Å². The Morgan fingerprint density at radius 1 is 1.29 bits per heavy atom. The molecule has 0 saturated carbocycles. The van der Waals surface area contributed by atoms with E-state index in [1.807, 2.05) is 6.92 Å². The molecule has 3 aliphatic heterocycles. The van der Waals surface area contributed by atoms with E-state index < -0.39 is 11.6 Å². The zero-order valence-electron chi connectivity index (χ0n) is 17.5. The van der Waals surface area contributed by atoms with Crippen molar-refractivity contribution in [3.8, 4) is 0 Å². The molecular formula is C24H23FN2O4. The average Bonchev–Trinajstić information content (AvgIpc) is 3.14. The van der Waals surface area contributed by atoms with E-state index in [0.29, 0.717) is 28.9 Å². The number of esters is 1. The van der Waals surface area contributed by atoms with Gasteiger partial charge in [0.05, 0.1) is 29.5 Å². The number of carbonyl (C=O) groups is 1. The summed E-state index contributed by atoms with van der Waals surface area (Å²) in [5.41, 5.74) is 5.19. The summed E-state index contributed by atoms with van der Waals surface area (Å²) in [6.45, 7) is 3.81. The number of nitrogens with zero attached hydrogens (tertiary/aromatic N) is 1. The molecule has 2 atom stereocenters. The Bertz CT molecular complexity index is 1280. The van der Waals surface area contributed by atoms with Crippen LogP contribution in [0, 0.1) is 0 Å². The standard InChI is InChI=1S/C24H23FN2O4/c1-3-24(30)16-7-19-21-14(9-27(19)22(28)15(16)10-31-23(24)29)13-6-4-5-12-11(2)17(25)8-18(26-21)20(12)13/h7-8,18,26,30H,3-6,9-10H2,1-2H3/t18?,24-/m0/s1. The third-order valence-corrected chi connectivity index (χ3v) is 7.52. The summed E-state index contributed by atoms with van der Waals surface area (Å²) in [5.74, 6) is -0.930. The number of hydrogen-bond donors (Lipinski definition) is 2. The Balaban J connectivity index is 1.58. The lowest BCUT2D eigenvalue weighted by molar-refractivity contribution is -0.172. The van der Waals surface area contributed by atoms with Gasteiger partial charge in [-0.25, -0.2) is 9.18 Å². The predicted octanol–water partition coefficient (Wildman–Crippen LogP) is 2.86. The maximum atomic E-state index is 14.6. The molecule has 31 heavy (non-hydrogen) atoms. The lowest BCUT2D eigenvalue weighted by Crippen LogP contribution is -2.44. The summed E-state index contributed by atoms with van der Waals surface area (Å²) in [4.78, 5) is 25.7. The molecule has 0 radical (unpaired) electrons. The van der Waals surface area contributed by atoms with Gasteiger partial charge in [-0.15, -0.1) is 0 Å². The van der Waals surface area contributed by atoms with Crippen LogP contribution < -0.4 is 10.9 Å². The second-order valence-electron chi connectivity index (χ2n) is 8.94. The van der Waals surface area contributed by atoms with Crippen LogP contribution in [-0.2, 0) is 28.3 Å². The molecule has 5 aliphatic rings. The van der Waals surface area contributed by atoms with Gasteiger partial charge in [0.15, 0.2) is 5.60 Å². The molecule has 7 heteroatoms. The molecule has 0 fully saturated rings. The molecule has 4 heterocycles. The molecule has 0 amide bonds. The number of cyclic esters (lactones) is 1. The molecule has 1 unspecified atom stereocenters. The van der Waals surface area contributed by atoms with Crippen molar-refractivity contribution < 1.29 is 19.0 Å². The third-order valence-electron chi connectivity index (χ3n) is 7.52. The summed E-state index contributed by atoms with van der Waals surface area (Å²) in [5, 5.41) is 14.5. The van der Waals surface area contributed by atoms with E-state index in [2.05, 4.69) is 5.32 Å². The van der Waals surface area contributed by atoms with Crippen molar-refractivity contribution in [2.45, 2.75) is 64.3 Å². The Labute approximate surface area is 178 Å². The highest BCUT2D eigenvalue weighted by atomic mass is 19.1. The van der Waals surface area contributed by atoms with Crippen molar-refractivity contribution in [3.05, 3.63) is 73.0 Å². The minimum atomic E-state index is -1.83. The summed E-state index contributed by atoms with van der Waals surface area (Å²) in [7, 11) is 0. The number of ether oxygens (including phenoxy) is 1. The number of aliphatic hydroxyl groups is 1. The number of dihydropyridines is 1. The van der Waals surface area contributed by atoms with Gasteiger partial charge in [-0.05, 0) is 67.0 Å².